The third kappa shape index (κ3) is 2.29. The molecule has 3 aliphatic rings. The summed E-state index contributed by atoms with van der Waals surface area (Å²) in [5.74, 6) is 0.619. The summed E-state index contributed by atoms with van der Waals surface area (Å²) in [5, 5.41) is 3.24. The van der Waals surface area contributed by atoms with Gasteiger partial charge >= 0.3 is 0 Å². The third-order valence-electron chi connectivity index (χ3n) is 4.39. The lowest BCUT2D eigenvalue weighted by molar-refractivity contribution is 0.241. The molecular weight excluding hydrogens is 274 g/mol. The van der Waals surface area contributed by atoms with Crippen molar-refractivity contribution in [1.82, 2.24) is 13.9 Å². The van der Waals surface area contributed by atoms with Crippen LogP contribution < -0.4 is 5.32 Å². The van der Waals surface area contributed by atoms with Gasteiger partial charge in [0.25, 0.3) is 10.2 Å². The van der Waals surface area contributed by atoms with E-state index in [2.05, 4.69) is 5.32 Å². The Balaban J connectivity index is 0.00000120. The molecule has 0 aromatic heterocycles. The van der Waals surface area contributed by atoms with Crippen LogP contribution in [0, 0.1) is 5.92 Å². The molecule has 3 atom stereocenters. The zero-order valence-electron chi connectivity index (χ0n) is 10.7. The van der Waals surface area contributed by atoms with Crippen LogP contribution in [0.25, 0.3) is 0 Å². The number of halogens is 1. The monoisotopic (exact) mass is 295 g/mol. The smallest absolute Gasteiger partial charge is 0.282 e. The predicted octanol–water partition coefficient (Wildman–Crippen LogP) is 0.431. The molecule has 2 saturated heterocycles. The minimum Gasteiger partial charge on any atom is -0.314 e. The van der Waals surface area contributed by atoms with Crippen molar-refractivity contribution in [2.24, 2.45) is 5.92 Å². The lowest BCUT2D eigenvalue weighted by atomic mass is 10.1. The Morgan fingerprint density at radius 3 is 2.56 bits per heavy atom. The van der Waals surface area contributed by atoms with E-state index < -0.39 is 10.2 Å². The molecule has 0 radical (unpaired) electrons. The first-order valence-electron chi connectivity index (χ1n) is 6.58. The lowest BCUT2D eigenvalue weighted by Gasteiger charge is -2.38. The summed E-state index contributed by atoms with van der Waals surface area (Å²) in [6.07, 6.45) is 3.36. The molecule has 1 saturated carbocycles. The molecule has 0 spiro atoms. The van der Waals surface area contributed by atoms with E-state index in [0.717, 1.165) is 32.5 Å². The van der Waals surface area contributed by atoms with Crippen molar-refractivity contribution < 1.29 is 8.42 Å². The second-order valence-corrected chi connectivity index (χ2v) is 7.41. The summed E-state index contributed by atoms with van der Waals surface area (Å²) in [7, 11) is -3.22. The molecule has 5 nitrogen and oxygen atoms in total. The van der Waals surface area contributed by atoms with E-state index in [4.69, 9.17) is 0 Å². The minimum absolute atomic E-state index is 0. The van der Waals surface area contributed by atoms with E-state index >= 15 is 0 Å². The Morgan fingerprint density at radius 1 is 1.22 bits per heavy atom. The van der Waals surface area contributed by atoms with E-state index in [9.17, 15) is 8.42 Å². The first kappa shape index (κ1) is 14.5. The van der Waals surface area contributed by atoms with Crippen LogP contribution >= 0.6 is 12.4 Å². The van der Waals surface area contributed by atoms with Crippen LogP contribution in [0.1, 0.15) is 26.2 Å². The summed E-state index contributed by atoms with van der Waals surface area (Å²) in [6, 6.07) is 0.361. The maximum Gasteiger partial charge on any atom is 0.282 e. The Labute approximate surface area is 115 Å². The first-order valence-corrected chi connectivity index (χ1v) is 7.98. The molecule has 0 amide bonds. The number of hydrogen-bond donors (Lipinski definition) is 1. The highest BCUT2D eigenvalue weighted by atomic mass is 35.5. The fourth-order valence-electron chi connectivity index (χ4n) is 3.46. The van der Waals surface area contributed by atoms with Gasteiger partial charge in [0.05, 0.1) is 0 Å². The molecule has 3 fully saturated rings. The van der Waals surface area contributed by atoms with Crippen molar-refractivity contribution in [1.29, 1.82) is 0 Å². The molecule has 0 aromatic rings. The summed E-state index contributed by atoms with van der Waals surface area (Å²) < 4.78 is 28.7. The molecule has 3 unspecified atom stereocenters. The van der Waals surface area contributed by atoms with Crippen molar-refractivity contribution in [3.8, 4) is 0 Å². The molecular formula is C11H22ClN3O2S. The van der Waals surface area contributed by atoms with Gasteiger partial charge in [-0.25, -0.2) is 0 Å². The molecule has 1 N–H and O–H groups in total. The van der Waals surface area contributed by atoms with Gasteiger partial charge in [0.2, 0.25) is 0 Å². The number of nitrogens with zero attached hydrogens (tertiary/aromatic N) is 2. The fraction of sp³-hybridized carbons (Fsp3) is 1.00. The van der Waals surface area contributed by atoms with Gasteiger partial charge in [-0.1, -0.05) is 0 Å². The normalized spacial score (nSPS) is 37.7. The summed E-state index contributed by atoms with van der Waals surface area (Å²) in [4.78, 5) is 0. The van der Waals surface area contributed by atoms with Crippen LogP contribution in [-0.2, 0) is 10.2 Å². The van der Waals surface area contributed by atoms with Gasteiger partial charge in [-0.15, -0.1) is 12.4 Å². The average Bonchev–Trinajstić information content (AvgIpc) is 2.91. The standard InChI is InChI=1S/C11H21N3O2S.ClH/c1-9-7-12-4-5-13(9)17(15,16)14-8-10-2-3-11(14)6-10;/h9-12H,2-8H2,1H3;1H. The summed E-state index contributed by atoms with van der Waals surface area (Å²) in [6.45, 7) is 4.88. The van der Waals surface area contributed by atoms with Crippen LogP contribution in [-0.4, -0.2) is 55.3 Å². The molecule has 3 rings (SSSR count). The Hall–Kier alpha value is 0.120. The van der Waals surface area contributed by atoms with Gasteiger partial charge in [-0.2, -0.15) is 17.0 Å². The van der Waals surface area contributed by atoms with Gasteiger partial charge in [0.15, 0.2) is 0 Å². The largest absolute Gasteiger partial charge is 0.314 e. The van der Waals surface area contributed by atoms with Crippen LogP contribution in [0.4, 0.5) is 0 Å². The third-order valence-corrected chi connectivity index (χ3v) is 6.57. The summed E-state index contributed by atoms with van der Waals surface area (Å²) >= 11 is 0. The highest BCUT2D eigenvalue weighted by Gasteiger charge is 2.46. The number of rotatable bonds is 2. The summed E-state index contributed by atoms with van der Waals surface area (Å²) in [5.41, 5.74) is 0. The van der Waals surface area contributed by atoms with Gasteiger partial charge in [-0.05, 0) is 32.1 Å². The van der Waals surface area contributed by atoms with E-state index in [-0.39, 0.29) is 24.5 Å². The SMILES string of the molecule is CC1CNCCN1S(=O)(=O)N1CC2CCC1C2.Cl. The second-order valence-electron chi connectivity index (χ2n) is 5.57. The minimum atomic E-state index is -3.22. The van der Waals surface area contributed by atoms with Gasteiger partial charge in [0, 0.05) is 38.3 Å². The second kappa shape index (κ2) is 5.25. The number of hydrogen-bond acceptors (Lipinski definition) is 3. The Bertz CT molecular complexity index is 395. The molecule has 18 heavy (non-hydrogen) atoms. The number of nitrogens with one attached hydrogen (secondary N) is 1. The molecule has 2 heterocycles. The van der Waals surface area contributed by atoms with Crippen LogP contribution in [0.2, 0.25) is 0 Å². The lowest BCUT2D eigenvalue weighted by Crippen LogP contribution is -2.57. The first-order chi connectivity index (χ1) is 8.09. The van der Waals surface area contributed by atoms with E-state index in [0.29, 0.717) is 12.5 Å². The molecule has 0 aromatic carbocycles. The van der Waals surface area contributed by atoms with E-state index in [1.165, 1.54) is 6.42 Å². The molecule has 1 aliphatic carbocycles. The van der Waals surface area contributed by atoms with Gasteiger partial charge < -0.3 is 5.32 Å². The molecule has 106 valence electrons. The molecule has 2 bridgehead atoms. The predicted molar refractivity (Wildman–Crippen MR) is 73.0 cm³/mol. The quantitative estimate of drug-likeness (QED) is 0.804. The van der Waals surface area contributed by atoms with Crippen LogP contribution in [0.15, 0.2) is 0 Å². The van der Waals surface area contributed by atoms with E-state index in [1.54, 1.807) is 8.61 Å². The van der Waals surface area contributed by atoms with Crippen molar-refractivity contribution in [2.75, 3.05) is 26.2 Å². The Kier molecular flexibility index (Phi) is 4.23. The highest BCUT2D eigenvalue weighted by Crippen LogP contribution is 2.39. The number of piperazine rings is 1. The highest BCUT2D eigenvalue weighted by molar-refractivity contribution is 7.86. The van der Waals surface area contributed by atoms with Crippen molar-refractivity contribution in [2.45, 2.75) is 38.3 Å². The van der Waals surface area contributed by atoms with Crippen molar-refractivity contribution >= 4 is 22.6 Å². The number of fused-ring (bicyclic) bond motifs is 2. The maximum atomic E-state index is 12.6. The number of piperidine rings is 1. The van der Waals surface area contributed by atoms with Gasteiger partial charge in [0.1, 0.15) is 0 Å². The van der Waals surface area contributed by atoms with Gasteiger partial charge in [-0.3, -0.25) is 0 Å². The zero-order chi connectivity index (χ0) is 12.0. The van der Waals surface area contributed by atoms with Crippen molar-refractivity contribution in [3.63, 3.8) is 0 Å². The Morgan fingerprint density at radius 2 is 2.00 bits per heavy atom. The topological polar surface area (TPSA) is 52.7 Å². The van der Waals surface area contributed by atoms with Crippen molar-refractivity contribution in [3.05, 3.63) is 0 Å². The molecule has 2 aliphatic heterocycles. The van der Waals surface area contributed by atoms with Crippen LogP contribution in [0.3, 0.4) is 0 Å². The maximum absolute atomic E-state index is 12.6. The molecule has 7 heteroatoms. The van der Waals surface area contributed by atoms with E-state index in [1.807, 2.05) is 6.92 Å². The zero-order valence-corrected chi connectivity index (χ0v) is 12.3. The fourth-order valence-corrected chi connectivity index (χ4v) is 5.55. The van der Waals surface area contributed by atoms with Crippen LogP contribution in [0.5, 0.6) is 0 Å². The average molecular weight is 296 g/mol.